The van der Waals surface area contributed by atoms with Gasteiger partial charge in [0.05, 0.1) is 0 Å². The first-order valence-corrected chi connectivity index (χ1v) is 5.09. The van der Waals surface area contributed by atoms with Crippen LogP contribution in [0.1, 0.15) is 32.3 Å². The highest BCUT2D eigenvalue weighted by atomic mass is 35.5. The van der Waals surface area contributed by atoms with E-state index in [9.17, 15) is 0 Å². The van der Waals surface area contributed by atoms with E-state index in [1.807, 2.05) is 24.3 Å². The van der Waals surface area contributed by atoms with E-state index in [-0.39, 0.29) is 0 Å². The van der Waals surface area contributed by atoms with Gasteiger partial charge >= 0.3 is 0 Å². The van der Waals surface area contributed by atoms with Gasteiger partial charge in [0.15, 0.2) is 0 Å². The van der Waals surface area contributed by atoms with Gasteiger partial charge in [0.2, 0.25) is 0 Å². The van der Waals surface area contributed by atoms with Crippen molar-refractivity contribution in [3.8, 4) is 0 Å². The van der Waals surface area contributed by atoms with Gasteiger partial charge in [0, 0.05) is 5.02 Å². The van der Waals surface area contributed by atoms with Crippen LogP contribution in [0, 0.1) is 0 Å². The predicted molar refractivity (Wildman–Crippen MR) is 60.0 cm³/mol. The summed E-state index contributed by atoms with van der Waals surface area (Å²) in [6.45, 7) is 4.37. The smallest absolute Gasteiger partial charge is 0.0406 e. The Morgan fingerprint density at radius 2 is 1.69 bits per heavy atom. The molecular formula is C12H15Cl. The van der Waals surface area contributed by atoms with Crippen LogP contribution in [0.3, 0.4) is 0 Å². The molecule has 0 atom stereocenters. The molecule has 0 aliphatic carbocycles. The standard InChI is InChI=1S/C12H15Cl/c1-3-10(4-2)9-11-5-7-12(13)8-6-11/h5-9H,3-4H2,1-2H3. The summed E-state index contributed by atoms with van der Waals surface area (Å²) >= 11 is 5.80. The van der Waals surface area contributed by atoms with E-state index in [4.69, 9.17) is 11.6 Å². The first-order chi connectivity index (χ1) is 6.26. The minimum atomic E-state index is 0.798. The van der Waals surface area contributed by atoms with Crippen LogP contribution >= 0.6 is 11.6 Å². The van der Waals surface area contributed by atoms with Crippen LogP contribution in [-0.2, 0) is 0 Å². The molecule has 0 bridgehead atoms. The van der Waals surface area contributed by atoms with E-state index in [0.717, 1.165) is 17.9 Å². The lowest BCUT2D eigenvalue weighted by Gasteiger charge is -2.00. The van der Waals surface area contributed by atoms with E-state index < -0.39 is 0 Å². The molecule has 1 aromatic rings. The highest BCUT2D eigenvalue weighted by molar-refractivity contribution is 6.30. The summed E-state index contributed by atoms with van der Waals surface area (Å²) in [7, 11) is 0. The number of halogens is 1. The number of benzene rings is 1. The van der Waals surface area contributed by atoms with Gasteiger partial charge in [-0.3, -0.25) is 0 Å². The fraction of sp³-hybridized carbons (Fsp3) is 0.333. The minimum absolute atomic E-state index is 0.798. The normalized spacial score (nSPS) is 9.77. The molecule has 0 aliphatic rings. The van der Waals surface area contributed by atoms with Gasteiger partial charge in [0.25, 0.3) is 0 Å². The Bertz CT molecular complexity index is 276. The Kier molecular flexibility index (Phi) is 4.04. The van der Waals surface area contributed by atoms with Crippen LogP contribution in [0.4, 0.5) is 0 Å². The van der Waals surface area contributed by atoms with Crippen molar-refractivity contribution < 1.29 is 0 Å². The summed E-state index contributed by atoms with van der Waals surface area (Å²) in [5.41, 5.74) is 2.71. The van der Waals surface area contributed by atoms with Gasteiger partial charge in [-0.15, -0.1) is 0 Å². The van der Waals surface area contributed by atoms with Gasteiger partial charge in [0.1, 0.15) is 0 Å². The average molecular weight is 195 g/mol. The van der Waals surface area contributed by atoms with Crippen molar-refractivity contribution >= 4 is 17.7 Å². The Hall–Kier alpha value is -0.750. The molecule has 0 saturated heterocycles. The third-order valence-corrected chi connectivity index (χ3v) is 2.40. The fourth-order valence-corrected chi connectivity index (χ4v) is 1.37. The van der Waals surface area contributed by atoms with Crippen molar-refractivity contribution in [1.82, 2.24) is 0 Å². The molecule has 0 spiro atoms. The first-order valence-electron chi connectivity index (χ1n) is 4.71. The maximum Gasteiger partial charge on any atom is 0.0406 e. The van der Waals surface area contributed by atoms with Crippen molar-refractivity contribution in [3.05, 3.63) is 40.4 Å². The topological polar surface area (TPSA) is 0 Å². The van der Waals surface area contributed by atoms with Crippen molar-refractivity contribution in [3.63, 3.8) is 0 Å². The third-order valence-electron chi connectivity index (χ3n) is 2.15. The second kappa shape index (κ2) is 5.08. The summed E-state index contributed by atoms with van der Waals surface area (Å²) in [6, 6.07) is 7.95. The molecule has 1 heteroatoms. The molecule has 0 N–H and O–H groups in total. The van der Waals surface area contributed by atoms with E-state index >= 15 is 0 Å². The Morgan fingerprint density at radius 1 is 1.15 bits per heavy atom. The maximum absolute atomic E-state index is 5.80. The van der Waals surface area contributed by atoms with Gasteiger partial charge in [-0.25, -0.2) is 0 Å². The summed E-state index contributed by atoms with van der Waals surface area (Å²) in [5, 5.41) is 0.798. The molecule has 70 valence electrons. The van der Waals surface area contributed by atoms with Crippen LogP contribution in [-0.4, -0.2) is 0 Å². The van der Waals surface area contributed by atoms with E-state index in [1.165, 1.54) is 11.1 Å². The van der Waals surface area contributed by atoms with Crippen molar-refractivity contribution in [1.29, 1.82) is 0 Å². The van der Waals surface area contributed by atoms with E-state index in [1.54, 1.807) is 0 Å². The molecule has 0 radical (unpaired) electrons. The Balaban J connectivity index is 2.84. The number of hydrogen-bond donors (Lipinski definition) is 0. The Morgan fingerprint density at radius 3 is 2.15 bits per heavy atom. The molecule has 0 heterocycles. The van der Waals surface area contributed by atoms with Gasteiger partial charge < -0.3 is 0 Å². The lowest BCUT2D eigenvalue weighted by molar-refractivity contribution is 0.990. The molecule has 0 fully saturated rings. The second-order valence-electron chi connectivity index (χ2n) is 3.06. The molecule has 0 aliphatic heterocycles. The van der Waals surface area contributed by atoms with Crippen LogP contribution in [0.2, 0.25) is 5.02 Å². The SMILES string of the molecule is CCC(=Cc1ccc(Cl)cc1)CC. The quantitative estimate of drug-likeness (QED) is 0.663. The molecule has 0 unspecified atom stereocenters. The van der Waals surface area contributed by atoms with E-state index in [2.05, 4.69) is 19.9 Å². The molecule has 0 amide bonds. The first kappa shape index (κ1) is 10.3. The van der Waals surface area contributed by atoms with Crippen LogP contribution in [0.15, 0.2) is 29.8 Å². The number of rotatable bonds is 3. The lowest BCUT2D eigenvalue weighted by atomic mass is 10.1. The molecular weight excluding hydrogens is 180 g/mol. The zero-order valence-electron chi connectivity index (χ0n) is 8.18. The molecule has 0 nitrogen and oxygen atoms in total. The highest BCUT2D eigenvalue weighted by Gasteiger charge is 1.92. The summed E-state index contributed by atoms with van der Waals surface area (Å²) in [6.07, 6.45) is 4.48. The van der Waals surface area contributed by atoms with Crippen molar-refractivity contribution in [2.75, 3.05) is 0 Å². The van der Waals surface area contributed by atoms with Gasteiger partial charge in [-0.1, -0.05) is 49.2 Å². The largest absolute Gasteiger partial charge is 0.0843 e. The van der Waals surface area contributed by atoms with Crippen molar-refractivity contribution in [2.45, 2.75) is 26.7 Å². The molecule has 13 heavy (non-hydrogen) atoms. The van der Waals surface area contributed by atoms with Gasteiger partial charge in [-0.2, -0.15) is 0 Å². The molecule has 1 aromatic carbocycles. The summed E-state index contributed by atoms with van der Waals surface area (Å²) in [4.78, 5) is 0. The molecule has 1 rings (SSSR count). The Labute approximate surface area is 85.2 Å². The zero-order valence-corrected chi connectivity index (χ0v) is 8.93. The van der Waals surface area contributed by atoms with Crippen LogP contribution < -0.4 is 0 Å². The highest BCUT2D eigenvalue weighted by Crippen LogP contribution is 2.15. The van der Waals surface area contributed by atoms with E-state index in [0.29, 0.717) is 0 Å². The predicted octanol–water partition coefficient (Wildman–Crippen LogP) is 4.54. The minimum Gasteiger partial charge on any atom is -0.0843 e. The molecule has 0 aromatic heterocycles. The third kappa shape index (κ3) is 3.23. The second-order valence-corrected chi connectivity index (χ2v) is 3.50. The van der Waals surface area contributed by atoms with Crippen LogP contribution in [0.5, 0.6) is 0 Å². The van der Waals surface area contributed by atoms with Crippen LogP contribution in [0.25, 0.3) is 6.08 Å². The number of hydrogen-bond acceptors (Lipinski definition) is 0. The summed E-state index contributed by atoms with van der Waals surface area (Å²) < 4.78 is 0. The fourth-order valence-electron chi connectivity index (χ4n) is 1.25. The van der Waals surface area contributed by atoms with Crippen molar-refractivity contribution in [2.24, 2.45) is 0 Å². The average Bonchev–Trinajstić information content (AvgIpc) is 2.17. The van der Waals surface area contributed by atoms with Gasteiger partial charge in [-0.05, 0) is 30.5 Å². The molecule has 0 saturated carbocycles. The number of allylic oxidation sites excluding steroid dienone is 1. The zero-order chi connectivity index (χ0) is 9.68. The monoisotopic (exact) mass is 194 g/mol. The maximum atomic E-state index is 5.80. The summed E-state index contributed by atoms with van der Waals surface area (Å²) in [5.74, 6) is 0. The lowest BCUT2D eigenvalue weighted by Crippen LogP contribution is -1.78.